The minimum absolute atomic E-state index is 0.168. The molecule has 0 spiro atoms. The Bertz CT molecular complexity index is 857. The molecule has 7 nitrogen and oxygen atoms in total. The molecule has 2 rings (SSSR count). The molecule has 30 heavy (non-hydrogen) atoms. The molecule has 0 bridgehead atoms. The Morgan fingerprint density at radius 3 is 2.30 bits per heavy atom. The summed E-state index contributed by atoms with van der Waals surface area (Å²) in [5.41, 5.74) is 0.872. The molecular weight excluding hydrogens is 384 g/mol. The summed E-state index contributed by atoms with van der Waals surface area (Å²) in [6.07, 6.45) is 3.20. The number of hydrogen-bond acceptors (Lipinski definition) is 5. The van der Waals surface area contributed by atoms with Crippen molar-refractivity contribution in [2.75, 3.05) is 18.6 Å². The minimum atomic E-state index is -0.667. The van der Waals surface area contributed by atoms with Crippen LogP contribution in [0, 0.1) is 10.1 Å². The molecule has 0 saturated heterocycles. The van der Waals surface area contributed by atoms with E-state index in [1.54, 1.807) is 64.4 Å². The third kappa shape index (κ3) is 7.24. The monoisotopic (exact) mass is 412 g/mol. The summed E-state index contributed by atoms with van der Waals surface area (Å²) in [4.78, 5) is 24.8. The van der Waals surface area contributed by atoms with E-state index in [0.29, 0.717) is 17.9 Å². The molecule has 0 radical (unpaired) electrons. The number of rotatable bonds is 8. The molecule has 2 aromatic rings. The second kappa shape index (κ2) is 10.4. The van der Waals surface area contributed by atoms with Crippen molar-refractivity contribution in [3.63, 3.8) is 0 Å². The summed E-state index contributed by atoms with van der Waals surface area (Å²) in [7, 11) is 1.57. The number of ether oxygens (including phenoxy) is 2. The van der Waals surface area contributed by atoms with Crippen molar-refractivity contribution in [2.45, 2.75) is 38.7 Å². The molecule has 0 heterocycles. The van der Waals surface area contributed by atoms with Crippen molar-refractivity contribution in [2.24, 2.45) is 0 Å². The van der Waals surface area contributed by atoms with Crippen molar-refractivity contribution in [3.8, 4) is 5.75 Å². The highest BCUT2D eigenvalue weighted by atomic mass is 16.6. The molecule has 160 valence electrons. The average Bonchev–Trinajstić information content (AvgIpc) is 2.70. The Balaban J connectivity index is 2.35. The summed E-state index contributed by atoms with van der Waals surface area (Å²) in [6.45, 7) is 5.22. The number of amides is 1. The van der Waals surface area contributed by atoms with E-state index in [9.17, 15) is 14.9 Å². The van der Waals surface area contributed by atoms with E-state index in [0.717, 1.165) is 5.56 Å². The average molecular weight is 412 g/mol. The lowest BCUT2D eigenvalue weighted by atomic mass is 9.95. The number of nitrogens with zero attached hydrogens (tertiary/aromatic N) is 2. The number of benzene rings is 2. The highest BCUT2D eigenvalue weighted by Gasteiger charge is 2.23. The minimum Gasteiger partial charge on any atom is -0.497 e. The third-order valence-corrected chi connectivity index (χ3v) is 4.26. The van der Waals surface area contributed by atoms with E-state index in [1.807, 2.05) is 30.3 Å². The number of hydrogen-bond donors (Lipinski definition) is 0. The van der Waals surface area contributed by atoms with Gasteiger partial charge in [0.15, 0.2) is 0 Å². The van der Waals surface area contributed by atoms with Crippen molar-refractivity contribution in [1.82, 2.24) is 0 Å². The van der Waals surface area contributed by atoms with Gasteiger partial charge in [-0.2, -0.15) is 0 Å². The number of carbonyl (C=O) groups excluding carboxylic acids is 1. The fourth-order valence-electron chi connectivity index (χ4n) is 2.81. The van der Waals surface area contributed by atoms with Crippen molar-refractivity contribution >= 4 is 11.8 Å². The van der Waals surface area contributed by atoms with Crippen LogP contribution in [0.5, 0.6) is 5.75 Å². The van der Waals surface area contributed by atoms with E-state index in [2.05, 4.69) is 0 Å². The molecule has 0 unspecified atom stereocenters. The zero-order chi connectivity index (χ0) is 22.1. The maximum absolute atomic E-state index is 12.8. The van der Waals surface area contributed by atoms with Crippen LogP contribution in [0.1, 0.15) is 38.7 Å². The summed E-state index contributed by atoms with van der Waals surface area (Å²) in [5.74, 6) is 0.444. The van der Waals surface area contributed by atoms with E-state index in [1.165, 1.54) is 4.90 Å². The molecule has 0 fully saturated rings. The van der Waals surface area contributed by atoms with Crippen LogP contribution >= 0.6 is 0 Å². The van der Waals surface area contributed by atoms with Crippen molar-refractivity contribution in [3.05, 3.63) is 82.6 Å². The largest absolute Gasteiger partial charge is 0.497 e. The standard InChI is InChI=1S/C23H28N2O5/c1-23(2,3)30-22(26)24(20-10-12-21(29-4)13-11-20)16-14-19(15-17-25(27)28)18-8-6-5-7-9-18/h5-14,16,19H,15,17H2,1-4H3/b16-14-/t19-/m0/s1. The fraction of sp³-hybridized carbons (Fsp3) is 0.348. The van der Waals surface area contributed by atoms with Crippen LogP contribution in [0.2, 0.25) is 0 Å². The predicted octanol–water partition coefficient (Wildman–Crippen LogP) is 5.40. The van der Waals surface area contributed by atoms with E-state index < -0.39 is 11.7 Å². The number of nitro groups is 1. The molecule has 1 atom stereocenters. The van der Waals surface area contributed by atoms with Gasteiger partial charge >= 0.3 is 6.09 Å². The van der Waals surface area contributed by atoms with E-state index in [-0.39, 0.29) is 17.4 Å². The lowest BCUT2D eigenvalue weighted by molar-refractivity contribution is -0.480. The Morgan fingerprint density at radius 1 is 1.13 bits per heavy atom. The van der Waals surface area contributed by atoms with Gasteiger partial charge in [-0.05, 0) is 50.6 Å². The second-order valence-corrected chi connectivity index (χ2v) is 7.75. The van der Waals surface area contributed by atoms with Crippen LogP contribution < -0.4 is 9.64 Å². The number of carbonyl (C=O) groups is 1. The van der Waals surface area contributed by atoms with Gasteiger partial charge in [0.1, 0.15) is 11.4 Å². The number of methoxy groups -OCH3 is 1. The van der Waals surface area contributed by atoms with Gasteiger partial charge in [0, 0.05) is 23.5 Å². The first kappa shape index (κ1) is 22.9. The highest BCUT2D eigenvalue weighted by molar-refractivity contribution is 5.90. The first-order valence-electron chi connectivity index (χ1n) is 9.71. The first-order valence-corrected chi connectivity index (χ1v) is 9.71. The summed E-state index contributed by atoms with van der Waals surface area (Å²) in [5, 5.41) is 10.9. The molecule has 7 heteroatoms. The molecule has 2 aromatic carbocycles. The van der Waals surface area contributed by atoms with Crippen LogP contribution in [-0.4, -0.2) is 30.3 Å². The Kier molecular flexibility index (Phi) is 7.98. The van der Waals surface area contributed by atoms with Gasteiger partial charge in [-0.1, -0.05) is 36.4 Å². The van der Waals surface area contributed by atoms with Crippen molar-refractivity contribution < 1.29 is 19.2 Å². The normalized spacial score (nSPS) is 12.4. The van der Waals surface area contributed by atoms with Gasteiger partial charge in [-0.3, -0.25) is 15.0 Å². The lowest BCUT2D eigenvalue weighted by Crippen LogP contribution is -2.33. The summed E-state index contributed by atoms with van der Waals surface area (Å²) < 4.78 is 10.7. The highest BCUT2D eigenvalue weighted by Crippen LogP contribution is 2.25. The van der Waals surface area contributed by atoms with Crippen LogP contribution in [0.4, 0.5) is 10.5 Å². The molecule has 0 N–H and O–H groups in total. The second-order valence-electron chi connectivity index (χ2n) is 7.75. The zero-order valence-corrected chi connectivity index (χ0v) is 17.8. The van der Waals surface area contributed by atoms with Crippen molar-refractivity contribution in [1.29, 1.82) is 0 Å². The molecule has 0 aliphatic heterocycles. The third-order valence-electron chi connectivity index (χ3n) is 4.26. The van der Waals surface area contributed by atoms with Gasteiger partial charge < -0.3 is 9.47 Å². The maximum atomic E-state index is 12.8. The van der Waals surface area contributed by atoms with Gasteiger partial charge in [0.25, 0.3) is 0 Å². The van der Waals surface area contributed by atoms with Crippen LogP contribution in [0.15, 0.2) is 66.9 Å². The molecule has 0 aliphatic rings. The van der Waals surface area contributed by atoms with Gasteiger partial charge in [0.2, 0.25) is 6.54 Å². The molecule has 0 saturated carbocycles. The van der Waals surface area contributed by atoms with Gasteiger partial charge in [0.05, 0.1) is 12.8 Å². The quantitative estimate of drug-likeness (QED) is 0.428. The fourth-order valence-corrected chi connectivity index (χ4v) is 2.81. The van der Waals surface area contributed by atoms with Crippen LogP contribution in [0.25, 0.3) is 0 Å². The lowest BCUT2D eigenvalue weighted by Gasteiger charge is -2.25. The zero-order valence-electron chi connectivity index (χ0n) is 17.8. The topological polar surface area (TPSA) is 81.9 Å². The maximum Gasteiger partial charge on any atom is 0.418 e. The SMILES string of the molecule is COc1ccc(N(/C=C\[C@@H](CC[N+](=O)[O-])c2ccccc2)C(=O)OC(C)(C)C)cc1. The Morgan fingerprint density at radius 2 is 1.77 bits per heavy atom. The smallest absolute Gasteiger partial charge is 0.418 e. The summed E-state index contributed by atoms with van der Waals surface area (Å²) >= 11 is 0. The molecule has 0 aliphatic carbocycles. The Hall–Kier alpha value is -3.35. The molecule has 1 amide bonds. The van der Waals surface area contributed by atoms with Gasteiger partial charge in [-0.25, -0.2) is 4.79 Å². The predicted molar refractivity (Wildman–Crippen MR) is 117 cm³/mol. The van der Waals surface area contributed by atoms with Crippen LogP contribution in [0.3, 0.4) is 0 Å². The molecular formula is C23H28N2O5. The number of allylic oxidation sites excluding steroid dienone is 1. The first-order chi connectivity index (χ1) is 14.2. The van der Waals surface area contributed by atoms with Crippen LogP contribution in [-0.2, 0) is 4.74 Å². The molecule has 0 aromatic heterocycles. The van der Waals surface area contributed by atoms with E-state index in [4.69, 9.17) is 9.47 Å². The Labute approximate surface area is 177 Å². The summed E-state index contributed by atoms with van der Waals surface area (Å²) in [6, 6.07) is 16.5. The number of anilines is 1. The van der Waals surface area contributed by atoms with Gasteiger partial charge in [-0.15, -0.1) is 0 Å². The van der Waals surface area contributed by atoms with E-state index >= 15 is 0 Å².